The molecule has 0 fully saturated rings. The maximum Gasteiger partial charge on any atom is 0.0484 e. The quantitative estimate of drug-likeness (QED) is 0.790. The maximum absolute atomic E-state index is 5.25. The van der Waals surface area contributed by atoms with Gasteiger partial charge in [-0.2, -0.15) is 0 Å². The van der Waals surface area contributed by atoms with Gasteiger partial charge in [-0.15, -0.1) is 0 Å². The lowest BCUT2D eigenvalue weighted by Gasteiger charge is -2.07. The molecule has 0 radical (unpaired) electrons. The lowest BCUT2D eigenvalue weighted by molar-refractivity contribution is 0.147. The fourth-order valence-electron chi connectivity index (χ4n) is 1.15. The third-order valence-corrected chi connectivity index (χ3v) is 2.55. The highest BCUT2D eigenvalue weighted by atomic mass is 79.9. The average Bonchev–Trinajstić information content (AvgIpc) is 2.20. The summed E-state index contributed by atoms with van der Waals surface area (Å²) in [5.74, 6) is 0. The minimum Gasteiger partial charge on any atom is -0.384 e. The summed E-state index contributed by atoms with van der Waals surface area (Å²) in [6.45, 7) is 4.59. The lowest BCUT2D eigenvalue weighted by atomic mass is 10.3. The summed E-state index contributed by atoms with van der Waals surface area (Å²) in [7, 11) is 0. The number of rotatable bonds is 6. The van der Waals surface area contributed by atoms with E-state index in [9.17, 15) is 0 Å². The highest BCUT2D eigenvalue weighted by Crippen LogP contribution is 2.20. The highest BCUT2D eigenvalue weighted by molar-refractivity contribution is 9.10. The van der Waals surface area contributed by atoms with E-state index in [0.29, 0.717) is 0 Å². The Balaban J connectivity index is 2.21. The van der Waals surface area contributed by atoms with Crippen LogP contribution in [-0.4, -0.2) is 19.8 Å². The number of hydrogen-bond donors (Lipinski definition) is 1. The minimum absolute atomic E-state index is 0.801. The normalized spacial score (nSPS) is 10.1. The van der Waals surface area contributed by atoms with Crippen molar-refractivity contribution < 1.29 is 4.74 Å². The van der Waals surface area contributed by atoms with Crippen LogP contribution in [0.3, 0.4) is 0 Å². The van der Waals surface area contributed by atoms with Crippen LogP contribution in [0.4, 0.5) is 5.69 Å². The van der Waals surface area contributed by atoms with E-state index in [0.717, 1.165) is 36.3 Å². The van der Waals surface area contributed by atoms with Crippen molar-refractivity contribution in [2.24, 2.45) is 0 Å². The molecule has 0 unspecified atom stereocenters. The van der Waals surface area contributed by atoms with Crippen LogP contribution in [0.5, 0.6) is 0 Å². The summed E-state index contributed by atoms with van der Waals surface area (Å²) in [5.41, 5.74) is 1.14. The number of ether oxygens (including phenoxy) is 1. The molecule has 1 aromatic rings. The smallest absolute Gasteiger partial charge is 0.0484 e. The van der Waals surface area contributed by atoms with Gasteiger partial charge >= 0.3 is 0 Å². The molecule has 0 saturated heterocycles. The van der Waals surface area contributed by atoms with Gasteiger partial charge in [-0.3, -0.25) is 0 Å². The van der Waals surface area contributed by atoms with Crippen LogP contribution in [-0.2, 0) is 4.74 Å². The van der Waals surface area contributed by atoms with E-state index in [1.165, 1.54) is 0 Å². The third-order valence-electron chi connectivity index (χ3n) is 1.86. The number of nitrogens with one attached hydrogen (secondary N) is 1. The summed E-state index contributed by atoms with van der Waals surface area (Å²) in [4.78, 5) is 0. The zero-order chi connectivity index (χ0) is 10.2. The van der Waals surface area contributed by atoms with Crippen molar-refractivity contribution in [1.29, 1.82) is 0 Å². The SMILES string of the molecule is CCOCCCNc1ccccc1Br. The first-order chi connectivity index (χ1) is 6.84. The van der Waals surface area contributed by atoms with Crippen LogP contribution in [0, 0.1) is 0 Å². The third kappa shape index (κ3) is 4.11. The molecule has 1 rings (SSSR count). The first-order valence-electron chi connectivity index (χ1n) is 4.90. The molecule has 0 spiro atoms. The molecule has 0 saturated carbocycles. The number of halogens is 1. The zero-order valence-electron chi connectivity index (χ0n) is 8.42. The molecule has 78 valence electrons. The Morgan fingerprint density at radius 3 is 2.86 bits per heavy atom. The Kier molecular flexibility index (Phi) is 5.64. The Bertz CT molecular complexity index is 265. The summed E-state index contributed by atoms with van der Waals surface area (Å²) >= 11 is 3.49. The minimum atomic E-state index is 0.801. The van der Waals surface area contributed by atoms with Crippen molar-refractivity contribution in [1.82, 2.24) is 0 Å². The first-order valence-corrected chi connectivity index (χ1v) is 5.70. The standard InChI is InChI=1S/C11H16BrNO/c1-2-14-9-5-8-13-11-7-4-3-6-10(11)12/h3-4,6-7,13H,2,5,8-9H2,1H3. The summed E-state index contributed by atoms with van der Waals surface area (Å²) < 4.78 is 6.36. The van der Waals surface area contributed by atoms with Gasteiger partial charge in [0.05, 0.1) is 0 Å². The van der Waals surface area contributed by atoms with E-state index in [2.05, 4.69) is 27.3 Å². The van der Waals surface area contributed by atoms with Crippen LogP contribution in [0.1, 0.15) is 13.3 Å². The van der Waals surface area contributed by atoms with Gasteiger partial charge in [-0.05, 0) is 41.4 Å². The van der Waals surface area contributed by atoms with Crippen molar-refractivity contribution >= 4 is 21.6 Å². The molecule has 0 bridgehead atoms. The van der Waals surface area contributed by atoms with E-state index in [4.69, 9.17) is 4.74 Å². The Labute approximate surface area is 93.8 Å². The predicted octanol–water partition coefficient (Wildman–Crippen LogP) is 3.29. The monoisotopic (exact) mass is 257 g/mol. The Morgan fingerprint density at radius 1 is 1.36 bits per heavy atom. The molecular weight excluding hydrogens is 242 g/mol. The van der Waals surface area contributed by atoms with Gasteiger partial charge in [-0.1, -0.05) is 12.1 Å². The van der Waals surface area contributed by atoms with Gasteiger partial charge in [0, 0.05) is 29.9 Å². The molecule has 0 heterocycles. The van der Waals surface area contributed by atoms with Crippen LogP contribution < -0.4 is 5.32 Å². The highest BCUT2D eigenvalue weighted by Gasteiger charge is 1.95. The lowest BCUT2D eigenvalue weighted by Crippen LogP contribution is -2.05. The van der Waals surface area contributed by atoms with Crippen molar-refractivity contribution in [2.45, 2.75) is 13.3 Å². The van der Waals surface area contributed by atoms with Crippen LogP contribution in [0.2, 0.25) is 0 Å². The molecule has 14 heavy (non-hydrogen) atoms. The van der Waals surface area contributed by atoms with Crippen molar-refractivity contribution in [3.05, 3.63) is 28.7 Å². The fourth-order valence-corrected chi connectivity index (χ4v) is 1.57. The first kappa shape index (κ1) is 11.5. The largest absolute Gasteiger partial charge is 0.384 e. The number of hydrogen-bond acceptors (Lipinski definition) is 2. The molecule has 1 N–H and O–H groups in total. The van der Waals surface area contributed by atoms with E-state index in [1.54, 1.807) is 0 Å². The van der Waals surface area contributed by atoms with Gasteiger partial charge in [0.2, 0.25) is 0 Å². The topological polar surface area (TPSA) is 21.3 Å². The second kappa shape index (κ2) is 6.85. The van der Waals surface area contributed by atoms with Crippen LogP contribution in [0.25, 0.3) is 0 Å². The van der Waals surface area contributed by atoms with Crippen LogP contribution >= 0.6 is 15.9 Å². The summed E-state index contributed by atoms with van der Waals surface area (Å²) in [6, 6.07) is 8.13. The number of anilines is 1. The van der Waals surface area contributed by atoms with Crippen molar-refractivity contribution in [2.75, 3.05) is 25.1 Å². The van der Waals surface area contributed by atoms with Crippen molar-refractivity contribution in [3.8, 4) is 0 Å². The van der Waals surface area contributed by atoms with E-state index < -0.39 is 0 Å². The number of benzene rings is 1. The fraction of sp³-hybridized carbons (Fsp3) is 0.455. The van der Waals surface area contributed by atoms with E-state index in [1.807, 2.05) is 25.1 Å². The molecule has 0 amide bonds. The van der Waals surface area contributed by atoms with E-state index in [-0.39, 0.29) is 0 Å². The molecule has 3 heteroatoms. The Morgan fingerprint density at radius 2 is 2.14 bits per heavy atom. The Hall–Kier alpha value is -0.540. The van der Waals surface area contributed by atoms with E-state index >= 15 is 0 Å². The molecule has 0 atom stereocenters. The molecule has 0 aliphatic heterocycles. The zero-order valence-corrected chi connectivity index (χ0v) is 10.0. The molecule has 0 aliphatic rings. The van der Waals surface area contributed by atoms with Gasteiger partial charge in [0.25, 0.3) is 0 Å². The van der Waals surface area contributed by atoms with Gasteiger partial charge in [0.15, 0.2) is 0 Å². The van der Waals surface area contributed by atoms with Gasteiger partial charge in [0.1, 0.15) is 0 Å². The summed E-state index contributed by atoms with van der Waals surface area (Å²) in [6.07, 6.45) is 1.04. The summed E-state index contributed by atoms with van der Waals surface area (Å²) in [5, 5.41) is 3.34. The molecule has 2 nitrogen and oxygen atoms in total. The second-order valence-electron chi connectivity index (χ2n) is 2.96. The molecule has 0 aliphatic carbocycles. The second-order valence-corrected chi connectivity index (χ2v) is 3.81. The molecular formula is C11H16BrNO. The van der Waals surface area contributed by atoms with Crippen LogP contribution in [0.15, 0.2) is 28.7 Å². The number of para-hydroxylation sites is 1. The molecule has 0 aromatic heterocycles. The predicted molar refractivity (Wildman–Crippen MR) is 63.7 cm³/mol. The maximum atomic E-state index is 5.25. The molecule has 1 aromatic carbocycles. The average molecular weight is 258 g/mol. The van der Waals surface area contributed by atoms with Gasteiger partial charge in [-0.25, -0.2) is 0 Å². The van der Waals surface area contributed by atoms with Crippen molar-refractivity contribution in [3.63, 3.8) is 0 Å². The van der Waals surface area contributed by atoms with Gasteiger partial charge < -0.3 is 10.1 Å².